The normalized spacial score (nSPS) is 32.0. The van der Waals surface area contributed by atoms with Crippen LogP contribution in [0.2, 0.25) is 0 Å². The molecular formula is C23H36. The molecule has 2 aliphatic rings. The van der Waals surface area contributed by atoms with Crippen molar-refractivity contribution in [1.29, 1.82) is 0 Å². The lowest BCUT2D eigenvalue weighted by Crippen LogP contribution is -2.29. The molecule has 1 aromatic rings. The molecule has 1 aromatic carbocycles. The Morgan fingerprint density at radius 2 is 1.52 bits per heavy atom. The van der Waals surface area contributed by atoms with E-state index < -0.39 is 0 Å². The first-order valence-corrected chi connectivity index (χ1v) is 9.86. The van der Waals surface area contributed by atoms with Crippen LogP contribution in [0, 0.1) is 10.8 Å². The number of hydrogen-bond acceptors (Lipinski definition) is 0. The Labute approximate surface area is 144 Å². The Morgan fingerprint density at radius 1 is 0.957 bits per heavy atom. The predicted molar refractivity (Wildman–Crippen MR) is 101 cm³/mol. The average Bonchev–Trinajstić information content (AvgIpc) is 2.97. The van der Waals surface area contributed by atoms with Crippen molar-refractivity contribution in [3.05, 3.63) is 35.4 Å². The van der Waals surface area contributed by atoms with E-state index in [4.69, 9.17) is 0 Å². The maximum atomic E-state index is 2.59. The minimum atomic E-state index is 0.260. The van der Waals surface area contributed by atoms with Gasteiger partial charge in [0.2, 0.25) is 0 Å². The van der Waals surface area contributed by atoms with E-state index in [2.05, 4.69) is 58.9 Å². The van der Waals surface area contributed by atoms with Crippen LogP contribution in [0.4, 0.5) is 0 Å². The molecule has 0 spiro atoms. The van der Waals surface area contributed by atoms with Gasteiger partial charge in [-0.2, -0.15) is 0 Å². The SMILES string of the molecule is CC(CCC12CCCC1(C)CCC2)c1ccc(C(C)(C)C)cc1. The van der Waals surface area contributed by atoms with Gasteiger partial charge >= 0.3 is 0 Å². The summed E-state index contributed by atoms with van der Waals surface area (Å²) >= 11 is 0. The van der Waals surface area contributed by atoms with Gasteiger partial charge in [-0.05, 0) is 71.8 Å². The van der Waals surface area contributed by atoms with Crippen LogP contribution < -0.4 is 0 Å². The van der Waals surface area contributed by atoms with E-state index >= 15 is 0 Å². The van der Waals surface area contributed by atoms with Gasteiger partial charge < -0.3 is 0 Å². The van der Waals surface area contributed by atoms with E-state index in [1.165, 1.54) is 62.5 Å². The van der Waals surface area contributed by atoms with Crippen molar-refractivity contribution >= 4 is 0 Å². The Kier molecular flexibility index (Phi) is 4.40. The van der Waals surface area contributed by atoms with Crippen molar-refractivity contribution in [3.8, 4) is 0 Å². The van der Waals surface area contributed by atoms with Gasteiger partial charge in [0.25, 0.3) is 0 Å². The zero-order valence-corrected chi connectivity index (χ0v) is 16.0. The molecule has 0 N–H and O–H groups in total. The number of rotatable bonds is 4. The quantitative estimate of drug-likeness (QED) is 0.550. The van der Waals surface area contributed by atoms with Gasteiger partial charge in [-0.1, -0.05) is 71.7 Å². The molecule has 2 saturated carbocycles. The second kappa shape index (κ2) is 5.94. The van der Waals surface area contributed by atoms with E-state index in [1.807, 2.05) is 0 Å². The van der Waals surface area contributed by atoms with Gasteiger partial charge in [-0.25, -0.2) is 0 Å². The zero-order valence-electron chi connectivity index (χ0n) is 16.0. The molecule has 0 radical (unpaired) electrons. The standard InChI is InChI=1S/C23H36/c1-18(19-8-10-20(11-9-19)21(2,3)4)12-17-23-15-6-13-22(23,5)14-7-16-23/h8-11,18H,6-7,12-17H2,1-5H3. The molecule has 0 heterocycles. The summed E-state index contributed by atoms with van der Waals surface area (Å²) in [6.07, 6.45) is 11.7. The van der Waals surface area contributed by atoms with Gasteiger partial charge in [0.1, 0.15) is 0 Å². The molecule has 0 aliphatic heterocycles. The fourth-order valence-electron chi connectivity index (χ4n) is 5.54. The summed E-state index contributed by atoms with van der Waals surface area (Å²) in [7, 11) is 0. The molecule has 1 atom stereocenters. The minimum absolute atomic E-state index is 0.260. The third kappa shape index (κ3) is 3.11. The van der Waals surface area contributed by atoms with Crippen LogP contribution >= 0.6 is 0 Å². The molecule has 0 saturated heterocycles. The first kappa shape index (κ1) is 17.1. The smallest absolute Gasteiger partial charge is 0.0132 e. The highest BCUT2D eigenvalue weighted by atomic mass is 14.6. The van der Waals surface area contributed by atoms with Gasteiger partial charge in [0, 0.05) is 0 Å². The van der Waals surface area contributed by atoms with E-state index in [0.29, 0.717) is 16.7 Å². The molecule has 0 nitrogen and oxygen atoms in total. The van der Waals surface area contributed by atoms with Gasteiger partial charge in [-0.3, -0.25) is 0 Å². The fourth-order valence-corrected chi connectivity index (χ4v) is 5.54. The molecule has 0 heteroatoms. The Balaban J connectivity index is 1.65. The minimum Gasteiger partial charge on any atom is -0.0591 e. The molecule has 2 fully saturated rings. The largest absolute Gasteiger partial charge is 0.0591 e. The summed E-state index contributed by atoms with van der Waals surface area (Å²) in [5.74, 6) is 0.698. The molecule has 128 valence electrons. The number of fused-ring (bicyclic) bond motifs is 1. The highest BCUT2D eigenvalue weighted by Gasteiger charge is 2.53. The lowest BCUT2D eigenvalue weighted by atomic mass is 9.66. The van der Waals surface area contributed by atoms with Crippen LogP contribution in [0.15, 0.2) is 24.3 Å². The maximum Gasteiger partial charge on any atom is -0.0132 e. The van der Waals surface area contributed by atoms with E-state index in [0.717, 1.165) is 0 Å². The second-order valence-electron chi connectivity index (χ2n) is 9.86. The molecule has 0 amide bonds. The van der Waals surface area contributed by atoms with Crippen molar-refractivity contribution in [1.82, 2.24) is 0 Å². The Morgan fingerprint density at radius 3 is 2.04 bits per heavy atom. The van der Waals surface area contributed by atoms with Crippen LogP contribution in [0.3, 0.4) is 0 Å². The van der Waals surface area contributed by atoms with E-state index in [-0.39, 0.29) is 5.41 Å². The first-order chi connectivity index (χ1) is 10.8. The highest BCUT2D eigenvalue weighted by molar-refractivity contribution is 5.29. The van der Waals surface area contributed by atoms with E-state index in [9.17, 15) is 0 Å². The van der Waals surface area contributed by atoms with Crippen molar-refractivity contribution in [2.75, 3.05) is 0 Å². The lowest BCUT2D eigenvalue weighted by Gasteiger charge is -2.39. The zero-order chi connectivity index (χ0) is 16.7. The molecule has 0 bridgehead atoms. The molecular weight excluding hydrogens is 276 g/mol. The second-order valence-corrected chi connectivity index (χ2v) is 9.86. The number of benzene rings is 1. The first-order valence-electron chi connectivity index (χ1n) is 9.86. The molecule has 3 rings (SSSR count). The van der Waals surface area contributed by atoms with Crippen LogP contribution in [0.5, 0.6) is 0 Å². The van der Waals surface area contributed by atoms with E-state index in [1.54, 1.807) is 0 Å². The molecule has 23 heavy (non-hydrogen) atoms. The summed E-state index contributed by atoms with van der Waals surface area (Å²) in [5.41, 5.74) is 4.60. The van der Waals surface area contributed by atoms with Crippen molar-refractivity contribution in [3.63, 3.8) is 0 Å². The summed E-state index contributed by atoms with van der Waals surface area (Å²) in [4.78, 5) is 0. The van der Waals surface area contributed by atoms with Crippen LogP contribution in [-0.4, -0.2) is 0 Å². The lowest BCUT2D eigenvalue weighted by molar-refractivity contribution is 0.114. The van der Waals surface area contributed by atoms with Crippen molar-refractivity contribution in [2.45, 2.75) is 97.3 Å². The monoisotopic (exact) mass is 312 g/mol. The van der Waals surface area contributed by atoms with Gasteiger partial charge in [0.05, 0.1) is 0 Å². The van der Waals surface area contributed by atoms with Crippen molar-refractivity contribution < 1.29 is 0 Å². The molecule has 0 aromatic heterocycles. The van der Waals surface area contributed by atoms with Gasteiger partial charge in [-0.15, -0.1) is 0 Å². The number of hydrogen-bond donors (Lipinski definition) is 0. The predicted octanol–water partition coefficient (Wildman–Crippen LogP) is 7.23. The summed E-state index contributed by atoms with van der Waals surface area (Å²) in [5, 5.41) is 0. The third-order valence-corrected chi connectivity index (χ3v) is 7.45. The van der Waals surface area contributed by atoms with Crippen LogP contribution in [0.1, 0.15) is 103 Å². The average molecular weight is 313 g/mol. The fraction of sp³-hybridized carbons (Fsp3) is 0.739. The van der Waals surface area contributed by atoms with Crippen molar-refractivity contribution in [2.24, 2.45) is 10.8 Å². The highest BCUT2D eigenvalue weighted by Crippen LogP contribution is 2.65. The summed E-state index contributed by atoms with van der Waals surface area (Å²) in [6.45, 7) is 11.9. The molecule has 2 aliphatic carbocycles. The Hall–Kier alpha value is -0.780. The van der Waals surface area contributed by atoms with Crippen LogP contribution in [0.25, 0.3) is 0 Å². The topological polar surface area (TPSA) is 0 Å². The van der Waals surface area contributed by atoms with Crippen LogP contribution in [-0.2, 0) is 5.41 Å². The maximum absolute atomic E-state index is 2.59. The summed E-state index contributed by atoms with van der Waals surface area (Å²) in [6, 6.07) is 9.45. The Bertz CT molecular complexity index is 518. The summed E-state index contributed by atoms with van der Waals surface area (Å²) < 4.78 is 0. The molecule has 1 unspecified atom stereocenters. The third-order valence-electron chi connectivity index (χ3n) is 7.45. The van der Waals surface area contributed by atoms with Gasteiger partial charge in [0.15, 0.2) is 0 Å².